The summed E-state index contributed by atoms with van der Waals surface area (Å²) < 4.78 is 5.25. The first-order chi connectivity index (χ1) is 9.31. The number of anilines is 1. The Bertz CT molecular complexity index is 519. The lowest BCUT2D eigenvalue weighted by atomic mass is 10.3. The van der Waals surface area contributed by atoms with Gasteiger partial charge < -0.3 is 9.42 Å². The van der Waals surface area contributed by atoms with Crippen molar-refractivity contribution < 1.29 is 4.52 Å². The number of piperazine rings is 1. The molecule has 0 spiro atoms. The van der Waals surface area contributed by atoms with E-state index in [-0.39, 0.29) is 0 Å². The second kappa shape index (κ2) is 5.36. The zero-order valence-corrected chi connectivity index (χ0v) is 11.0. The Kier molecular flexibility index (Phi) is 3.41. The van der Waals surface area contributed by atoms with Crippen LogP contribution >= 0.6 is 0 Å². The fraction of sp³-hybridized carbons (Fsp3) is 0.462. The second-order valence-corrected chi connectivity index (χ2v) is 4.75. The Morgan fingerprint density at radius 3 is 2.53 bits per heavy atom. The molecule has 6 nitrogen and oxygen atoms in total. The van der Waals surface area contributed by atoms with Crippen LogP contribution in [0.5, 0.6) is 0 Å². The van der Waals surface area contributed by atoms with Crippen molar-refractivity contribution in [1.82, 2.24) is 20.0 Å². The van der Waals surface area contributed by atoms with Crippen LogP contribution in [0.4, 0.5) is 5.95 Å². The van der Waals surface area contributed by atoms with Gasteiger partial charge in [-0.15, -0.1) is 0 Å². The number of aromatic nitrogens is 3. The minimum Gasteiger partial charge on any atom is -0.360 e. The molecule has 1 fully saturated rings. The summed E-state index contributed by atoms with van der Waals surface area (Å²) in [5.74, 6) is 1.75. The van der Waals surface area contributed by atoms with Crippen LogP contribution in [-0.4, -0.2) is 46.2 Å². The van der Waals surface area contributed by atoms with Crippen LogP contribution in [-0.2, 0) is 6.54 Å². The maximum atomic E-state index is 5.25. The molecule has 0 unspecified atom stereocenters. The summed E-state index contributed by atoms with van der Waals surface area (Å²) >= 11 is 0. The molecule has 0 amide bonds. The molecule has 1 saturated heterocycles. The van der Waals surface area contributed by atoms with Gasteiger partial charge in [0.25, 0.3) is 0 Å². The molecule has 1 aliphatic heterocycles. The first-order valence-electron chi connectivity index (χ1n) is 6.48. The number of hydrogen-bond donors (Lipinski definition) is 0. The van der Waals surface area contributed by atoms with Gasteiger partial charge in [0.05, 0.1) is 12.2 Å². The van der Waals surface area contributed by atoms with E-state index in [1.807, 2.05) is 19.1 Å². The average Bonchev–Trinajstić information content (AvgIpc) is 2.86. The van der Waals surface area contributed by atoms with Crippen LogP contribution in [0.1, 0.15) is 11.5 Å². The van der Waals surface area contributed by atoms with Crippen LogP contribution in [0.15, 0.2) is 29.0 Å². The Morgan fingerprint density at radius 1 is 1.16 bits per heavy atom. The van der Waals surface area contributed by atoms with E-state index in [4.69, 9.17) is 4.52 Å². The first kappa shape index (κ1) is 12.1. The zero-order valence-electron chi connectivity index (χ0n) is 11.0. The Hall–Kier alpha value is -1.95. The monoisotopic (exact) mass is 259 g/mol. The molecule has 1 aliphatic rings. The summed E-state index contributed by atoms with van der Waals surface area (Å²) in [4.78, 5) is 13.1. The lowest BCUT2D eigenvalue weighted by Crippen LogP contribution is -2.46. The van der Waals surface area contributed by atoms with Gasteiger partial charge in [-0.25, -0.2) is 9.97 Å². The summed E-state index contributed by atoms with van der Waals surface area (Å²) in [6, 6.07) is 3.83. The van der Waals surface area contributed by atoms with Crippen molar-refractivity contribution in [3.8, 4) is 0 Å². The number of nitrogens with zero attached hydrogens (tertiary/aromatic N) is 5. The molecule has 2 aromatic heterocycles. The lowest BCUT2D eigenvalue weighted by molar-refractivity contribution is 0.218. The Labute approximate surface area is 112 Å². The maximum absolute atomic E-state index is 5.25. The van der Waals surface area contributed by atoms with Gasteiger partial charge in [-0.2, -0.15) is 0 Å². The van der Waals surface area contributed by atoms with Gasteiger partial charge in [0.2, 0.25) is 5.95 Å². The van der Waals surface area contributed by atoms with E-state index >= 15 is 0 Å². The largest absolute Gasteiger partial charge is 0.360 e. The predicted molar refractivity (Wildman–Crippen MR) is 70.8 cm³/mol. The number of aryl methyl sites for hydroxylation is 1. The van der Waals surface area contributed by atoms with E-state index in [2.05, 4.69) is 24.9 Å². The number of hydrogen-bond acceptors (Lipinski definition) is 6. The summed E-state index contributed by atoms with van der Waals surface area (Å²) in [7, 11) is 0. The summed E-state index contributed by atoms with van der Waals surface area (Å²) in [5, 5.41) is 3.91. The zero-order chi connectivity index (χ0) is 13.1. The minimum atomic E-state index is 0.817. The van der Waals surface area contributed by atoms with Crippen LogP contribution in [0.3, 0.4) is 0 Å². The van der Waals surface area contributed by atoms with E-state index < -0.39 is 0 Å². The fourth-order valence-corrected chi connectivity index (χ4v) is 2.27. The molecular weight excluding hydrogens is 242 g/mol. The molecule has 0 N–H and O–H groups in total. The fourth-order valence-electron chi connectivity index (χ4n) is 2.27. The third-order valence-corrected chi connectivity index (χ3v) is 3.26. The topological polar surface area (TPSA) is 58.3 Å². The second-order valence-electron chi connectivity index (χ2n) is 4.75. The van der Waals surface area contributed by atoms with E-state index in [0.717, 1.165) is 50.1 Å². The first-order valence-corrected chi connectivity index (χ1v) is 6.48. The molecule has 0 saturated carbocycles. The van der Waals surface area contributed by atoms with Crippen molar-refractivity contribution in [3.63, 3.8) is 0 Å². The maximum Gasteiger partial charge on any atom is 0.225 e. The van der Waals surface area contributed by atoms with Crippen molar-refractivity contribution in [3.05, 3.63) is 36.0 Å². The molecule has 0 radical (unpaired) electrons. The SMILES string of the molecule is Cc1cc(CN2CCN(c3ncccn3)CC2)on1. The summed E-state index contributed by atoms with van der Waals surface area (Å²) in [6.07, 6.45) is 3.57. The van der Waals surface area contributed by atoms with Crippen molar-refractivity contribution in [1.29, 1.82) is 0 Å². The Morgan fingerprint density at radius 2 is 1.89 bits per heavy atom. The quantitative estimate of drug-likeness (QED) is 0.822. The van der Waals surface area contributed by atoms with Crippen molar-refractivity contribution in [2.24, 2.45) is 0 Å². The Balaban J connectivity index is 1.55. The molecule has 6 heteroatoms. The van der Waals surface area contributed by atoms with Crippen LogP contribution < -0.4 is 4.90 Å². The van der Waals surface area contributed by atoms with E-state index in [9.17, 15) is 0 Å². The van der Waals surface area contributed by atoms with Crippen molar-refractivity contribution >= 4 is 5.95 Å². The molecule has 2 aromatic rings. The highest BCUT2D eigenvalue weighted by atomic mass is 16.5. The molecule has 0 aromatic carbocycles. The molecule has 0 atom stereocenters. The van der Waals surface area contributed by atoms with Crippen LogP contribution in [0.2, 0.25) is 0 Å². The highest BCUT2D eigenvalue weighted by molar-refractivity contribution is 5.29. The van der Waals surface area contributed by atoms with E-state index in [1.54, 1.807) is 12.4 Å². The lowest BCUT2D eigenvalue weighted by Gasteiger charge is -2.33. The molecule has 3 heterocycles. The van der Waals surface area contributed by atoms with E-state index in [0.29, 0.717) is 0 Å². The van der Waals surface area contributed by atoms with Crippen LogP contribution in [0.25, 0.3) is 0 Å². The summed E-state index contributed by atoms with van der Waals surface area (Å²) in [5.41, 5.74) is 0.936. The third-order valence-electron chi connectivity index (χ3n) is 3.26. The number of rotatable bonds is 3. The van der Waals surface area contributed by atoms with Gasteiger partial charge in [0.1, 0.15) is 0 Å². The van der Waals surface area contributed by atoms with Crippen LogP contribution in [0, 0.1) is 6.92 Å². The highest BCUT2D eigenvalue weighted by Crippen LogP contribution is 2.12. The molecule has 3 rings (SSSR count). The molecule has 0 bridgehead atoms. The standard InChI is InChI=1S/C13H17N5O/c1-11-9-12(19-16-11)10-17-5-7-18(8-6-17)13-14-3-2-4-15-13/h2-4,9H,5-8,10H2,1H3. The molecular formula is C13H17N5O. The van der Waals surface area contributed by atoms with Gasteiger partial charge in [-0.3, -0.25) is 4.90 Å². The smallest absolute Gasteiger partial charge is 0.225 e. The predicted octanol–water partition coefficient (Wildman–Crippen LogP) is 1.10. The van der Waals surface area contributed by atoms with Gasteiger partial charge >= 0.3 is 0 Å². The van der Waals surface area contributed by atoms with Gasteiger partial charge in [-0.05, 0) is 13.0 Å². The van der Waals surface area contributed by atoms with Crippen molar-refractivity contribution in [2.75, 3.05) is 31.1 Å². The third kappa shape index (κ3) is 2.90. The normalized spacial score (nSPS) is 16.8. The molecule has 19 heavy (non-hydrogen) atoms. The van der Waals surface area contributed by atoms with Gasteiger partial charge in [-0.1, -0.05) is 5.16 Å². The van der Waals surface area contributed by atoms with Gasteiger partial charge in [0, 0.05) is 44.6 Å². The average molecular weight is 259 g/mol. The summed E-state index contributed by atoms with van der Waals surface area (Å²) in [6.45, 7) is 6.62. The minimum absolute atomic E-state index is 0.817. The molecule has 0 aliphatic carbocycles. The molecule has 100 valence electrons. The van der Waals surface area contributed by atoms with Crippen molar-refractivity contribution in [2.45, 2.75) is 13.5 Å². The van der Waals surface area contributed by atoms with Gasteiger partial charge in [0.15, 0.2) is 5.76 Å². The highest BCUT2D eigenvalue weighted by Gasteiger charge is 2.19. The van der Waals surface area contributed by atoms with E-state index in [1.165, 1.54) is 0 Å².